The smallest absolute Gasteiger partial charge is 0.293 e. The van der Waals surface area contributed by atoms with Gasteiger partial charge in [0.25, 0.3) is 5.56 Å². The van der Waals surface area contributed by atoms with E-state index >= 15 is 0 Å². The van der Waals surface area contributed by atoms with Crippen molar-refractivity contribution in [3.8, 4) is 0 Å². The molecular formula is C17H24N4O2S. The summed E-state index contributed by atoms with van der Waals surface area (Å²) in [6.07, 6.45) is 4.51. The summed E-state index contributed by atoms with van der Waals surface area (Å²) >= 11 is 1.81. The Bertz CT molecular complexity index is 701. The number of anilines is 1. The van der Waals surface area contributed by atoms with E-state index in [4.69, 9.17) is 4.74 Å². The van der Waals surface area contributed by atoms with Gasteiger partial charge in [-0.05, 0) is 17.9 Å². The van der Waals surface area contributed by atoms with Crippen molar-refractivity contribution in [2.75, 3.05) is 44.7 Å². The summed E-state index contributed by atoms with van der Waals surface area (Å²) in [5.41, 5.74) is -0.0784. The molecule has 3 rings (SSSR count). The van der Waals surface area contributed by atoms with Crippen LogP contribution in [0.2, 0.25) is 0 Å². The lowest BCUT2D eigenvalue weighted by Crippen LogP contribution is -2.48. The molecular weight excluding hydrogens is 324 g/mol. The average molecular weight is 348 g/mol. The van der Waals surface area contributed by atoms with E-state index in [0.29, 0.717) is 12.4 Å². The normalized spacial score (nSPS) is 18.7. The van der Waals surface area contributed by atoms with Gasteiger partial charge in [0.15, 0.2) is 5.82 Å². The SMILES string of the molecule is CN(C[C@H]1CN(CCc2cccs2)CCO1)c1nccn(C)c1=O. The first-order valence-electron chi connectivity index (χ1n) is 8.22. The molecule has 0 amide bonds. The number of thiophene rings is 1. The van der Waals surface area contributed by atoms with E-state index in [1.807, 2.05) is 23.3 Å². The number of likely N-dealkylation sites (N-methyl/N-ethyl adjacent to an activating group) is 1. The highest BCUT2D eigenvalue weighted by molar-refractivity contribution is 7.09. The zero-order chi connectivity index (χ0) is 16.9. The third-order valence-electron chi connectivity index (χ3n) is 4.32. The predicted molar refractivity (Wildman–Crippen MR) is 97.0 cm³/mol. The molecule has 2 aromatic heterocycles. The molecule has 0 N–H and O–H groups in total. The van der Waals surface area contributed by atoms with Crippen LogP contribution in [-0.4, -0.2) is 60.4 Å². The molecule has 2 aromatic rings. The number of hydrogen-bond donors (Lipinski definition) is 0. The van der Waals surface area contributed by atoms with Crippen molar-refractivity contribution in [1.29, 1.82) is 0 Å². The number of ether oxygens (including phenoxy) is 1. The largest absolute Gasteiger partial charge is 0.374 e. The summed E-state index contributed by atoms with van der Waals surface area (Å²) in [6.45, 7) is 4.32. The van der Waals surface area contributed by atoms with Crippen LogP contribution in [0.15, 0.2) is 34.7 Å². The zero-order valence-electron chi connectivity index (χ0n) is 14.2. The van der Waals surface area contributed by atoms with Crippen LogP contribution >= 0.6 is 11.3 Å². The Labute approximate surface area is 146 Å². The zero-order valence-corrected chi connectivity index (χ0v) is 15.0. The fourth-order valence-corrected chi connectivity index (χ4v) is 3.65. The van der Waals surface area contributed by atoms with Gasteiger partial charge in [-0.1, -0.05) is 6.07 Å². The maximum absolute atomic E-state index is 12.2. The van der Waals surface area contributed by atoms with Gasteiger partial charge in [0.05, 0.1) is 12.7 Å². The topological polar surface area (TPSA) is 50.6 Å². The van der Waals surface area contributed by atoms with Crippen molar-refractivity contribution < 1.29 is 4.74 Å². The Hall–Kier alpha value is -1.70. The second-order valence-electron chi connectivity index (χ2n) is 6.17. The van der Waals surface area contributed by atoms with Gasteiger partial charge < -0.3 is 14.2 Å². The molecule has 0 aromatic carbocycles. The minimum absolute atomic E-state index is 0.0784. The lowest BCUT2D eigenvalue weighted by Gasteiger charge is -2.34. The van der Waals surface area contributed by atoms with Gasteiger partial charge in [0, 0.05) is 57.5 Å². The monoisotopic (exact) mass is 348 g/mol. The molecule has 6 nitrogen and oxygen atoms in total. The molecule has 1 saturated heterocycles. The van der Waals surface area contributed by atoms with E-state index < -0.39 is 0 Å². The molecule has 1 fully saturated rings. The fraction of sp³-hybridized carbons (Fsp3) is 0.529. The standard InChI is InChI=1S/C17H24N4O2S/c1-19-8-6-18-16(17(19)22)20(2)12-14-13-21(9-10-23-14)7-5-15-4-3-11-24-15/h3-4,6,8,11,14H,5,7,9-10,12-13H2,1-2H3/t14-/m0/s1. The second kappa shape index (κ2) is 7.92. The van der Waals surface area contributed by atoms with Crippen LogP contribution in [0.4, 0.5) is 5.82 Å². The predicted octanol–water partition coefficient (Wildman–Crippen LogP) is 1.22. The number of nitrogens with zero attached hydrogens (tertiary/aromatic N) is 4. The third kappa shape index (κ3) is 4.23. The molecule has 1 aliphatic rings. The number of hydrogen-bond acceptors (Lipinski definition) is 6. The minimum Gasteiger partial charge on any atom is -0.374 e. The Kier molecular flexibility index (Phi) is 5.65. The van der Waals surface area contributed by atoms with Crippen LogP contribution in [0.1, 0.15) is 4.88 Å². The number of morpholine rings is 1. The van der Waals surface area contributed by atoms with Gasteiger partial charge in [0.1, 0.15) is 0 Å². The first-order chi connectivity index (χ1) is 11.6. The van der Waals surface area contributed by atoms with Gasteiger partial charge in [-0.2, -0.15) is 0 Å². The number of aromatic nitrogens is 2. The van der Waals surface area contributed by atoms with Crippen molar-refractivity contribution in [2.24, 2.45) is 7.05 Å². The van der Waals surface area contributed by atoms with E-state index in [1.54, 1.807) is 24.0 Å². The van der Waals surface area contributed by atoms with Crippen molar-refractivity contribution >= 4 is 17.2 Å². The van der Waals surface area contributed by atoms with Crippen LogP contribution < -0.4 is 10.5 Å². The average Bonchev–Trinajstić information content (AvgIpc) is 3.09. The molecule has 3 heterocycles. The molecule has 0 spiro atoms. The number of rotatable bonds is 6. The number of aryl methyl sites for hydroxylation is 1. The Morgan fingerprint density at radius 3 is 3.17 bits per heavy atom. The molecule has 1 atom stereocenters. The molecule has 0 bridgehead atoms. The van der Waals surface area contributed by atoms with Crippen molar-refractivity contribution in [3.05, 3.63) is 45.1 Å². The molecule has 1 aliphatic heterocycles. The Morgan fingerprint density at radius 1 is 1.50 bits per heavy atom. The summed E-state index contributed by atoms with van der Waals surface area (Å²) < 4.78 is 7.44. The highest BCUT2D eigenvalue weighted by Crippen LogP contribution is 2.13. The molecule has 0 unspecified atom stereocenters. The van der Waals surface area contributed by atoms with Gasteiger partial charge in [-0.15, -0.1) is 11.3 Å². The van der Waals surface area contributed by atoms with E-state index in [1.165, 1.54) is 4.88 Å². The summed E-state index contributed by atoms with van der Waals surface area (Å²) in [7, 11) is 3.64. The van der Waals surface area contributed by atoms with E-state index in [-0.39, 0.29) is 11.7 Å². The molecule has 7 heteroatoms. The van der Waals surface area contributed by atoms with Crippen LogP contribution in [0, 0.1) is 0 Å². The van der Waals surface area contributed by atoms with Gasteiger partial charge in [-0.3, -0.25) is 9.69 Å². The molecule has 0 saturated carbocycles. The summed E-state index contributed by atoms with van der Waals surface area (Å²) in [4.78, 5) is 22.1. The van der Waals surface area contributed by atoms with E-state index in [2.05, 4.69) is 27.4 Å². The lowest BCUT2D eigenvalue weighted by molar-refractivity contribution is -0.0230. The molecule has 0 aliphatic carbocycles. The fourth-order valence-electron chi connectivity index (χ4n) is 2.96. The highest BCUT2D eigenvalue weighted by atomic mass is 32.1. The highest BCUT2D eigenvalue weighted by Gasteiger charge is 2.23. The van der Waals surface area contributed by atoms with Crippen molar-refractivity contribution in [2.45, 2.75) is 12.5 Å². The summed E-state index contributed by atoms with van der Waals surface area (Å²) in [5.74, 6) is 0.472. The summed E-state index contributed by atoms with van der Waals surface area (Å²) in [6, 6.07) is 4.29. The Balaban J connectivity index is 1.54. The van der Waals surface area contributed by atoms with Crippen LogP contribution in [0.25, 0.3) is 0 Å². The lowest BCUT2D eigenvalue weighted by atomic mass is 10.2. The third-order valence-corrected chi connectivity index (χ3v) is 5.25. The summed E-state index contributed by atoms with van der Waals surface area (Å²) in [5, 5.41) is 2.12. The molecule has 130 valence electrons. The van der Waals surface area contributed by atoms with Crippen LogP contribution in [0.5, 0.6) is 0 Å². The first kappa shape index (κ1) is 17.1. The maximum Gasteiger partial charge on any atom is 0.293 e. The van der Waals surface area contributed by atoms with E-state index in [0.717, 1.165) is 32.7 Å². The maximum atomic E-state index is 12.2. The van der Waals surface area contributed by atoms with Gasteiger partial charge in [0.2, 0.25) is 0 Å². The molecule has 24 heavy (non-hydrogen) atoms. The Morgan fingerprint density at radius 2 is 2.38 bits per heavy atom. The molecule has 0 radical (unpaired) electrons. The van der Waals surface area contributed by atoms with Crippen LogP contribution in [-0.2, 0) is 18.2 Å². The van der Waals surface area contributed by atoms with Crippen molar-refractivity contribution in [3.63, 3.8) is 0 Å². The van der Waals surface area contributed by atoms with Crippen LogP contribution in [0.3, 0.4) is 0 Å². The van der Waals surface area contributed by atoms with Gasteiger partial charge >= 0.3 is 0 Å². The minimum atomic E-state index is -0.0784. The van der Waals surface area contributed by atoms with E-state index in [9.17, 15) is 4.79 Å². The first-order valence-corrected chi connectivity index (χ1v) is 9.10. The van der Waals surface area contributed by atoms with Gasteiger partial charge in [-0.25, -0.2) is 4.98 Å². The quantitative estimate of drug-likeness (QED) is 0.786. The van der Waals surface area contributed by atoms with Crippen molar-refractivity contribution in [1.82, 2.24) is 14.5 Å². The second-order valence-corrected chi connectivity index (χ2v) is 7.20.